The van der Waals surface area contributed by atoms with Crippen LogP contribution in [0.5, 0.6) is 0 Å². The van der Waals surface area contributed by atoms with E-state index in [1.807, 2.05) is 11.8 Å². The zero-order valence-electron chi connectivity index (χ0n) is 15.3. The van der Waals surface area contributed by atoms with Gasteiger partial charge in [0.05, 0.1) is 12.2 Å². The fourth-order valence-electron chi connectivity index (χ4n) is 4.19. The molecule has 0 amide bonds. The third-order valence-corrected chi connectivity index (χ3v) is 7.80. The number of hydrogen-bond acceptors (Lipinski definition) is 4. The second-order valence-electron chi connectivity index (χ2n) is 7.37. The molecule has 2 aliphatic rings. The fourth-order valence-corrected chi connectivity index (χ4v) is 6.52. The Morgan fingerprint density at radius 2 is 1.81 bits per heavy atom. The predicted molar refractivity (Wildman–Crippen MR) is 111 cm³/mol. The van der Waals surface area contributed by atoms with Crippen LogP contribution in [0.4, 0.5) is 0 Å². The van der Waals surface area contributed by atoms with E-state index in [-0.39, 0.29) is 0 Å². The lowest BCUT2D eigenvalue weighted by atomic mass is 9.79. The van der Waals surface area contributed by atoms with Crippen molar-refractivity contribution in [1.29, 1.82) is 0 Å². The number of benzene rings is 1. The minimum Gasteiger partial charge on any atom is -0.481 e. The summed E-state index contributed by atoms with van der Waals surface area (Å²) in [5.41, 5.74) is 1.41. The number of rotatable bonds is 12. The summed E-state index contributed by atoms with van der Waals surface area (Å²) in [6, 6.07) is 10.7. The van der Waals surface area contributed by atoms with Gasteiger partial charge >= 0.3 is 5.97 Å². The molecule has 2 bridgehead atoms. The van der Waals surface area contributed by atoms with Crippen molar-refractivity contribution in [1.82, 2.24) is 0 Å². The van der Waals surface area contributed by atoms with Crippen molar-refractivity contribution in [3.8, 4) is 0 Å². The second kappa shape index (κ2) is 10.6. The number of fused-ring (bicyclic) bond motifs is 2. The van der Waals surface area contributed by atoms with Crippen LogP contribution in [0.2, 0.25) is 0 Å². The van der Waals surface area contributed by atoms with E-state index in [0.717, 1.165) is 36.2 Å². The van der Waals surface area contributed by atoms with E-state index in [2.05, 4.69) is 42.1 Å². The zero-order chi connectivity index (χ0) is 18.2. The number of thioether (sulfide) groups is 2. The summed E-state index contributed by atoms with van der Waals surface area (Å²) < 4.78 is 6.23. The Morgan fingerprint density at radius 1 is 1.04 bits per heavy atom. The molecular weight excluding hydrogens is 364 g/mol. The lowest BCUT2D eigenvalue weighted by Crippen LogP contribution is -2.29. The van der Waals surface area contributed by atoms with E-state index in [1.54, 1.807) is 0 Å². The van der Waals surface area contributed by atoms with Gasteiger partial charge in [0.15, 0.2) is 0 Å². The number of aliphatic carboxylic acids is 1. The number of unbranched alkanes of at least 4 members (excludes halogenated alkanes) is 1. The van der Waals surface area contributed by atoms with Gasteiger partial charge in [-0.05, 0) is 66.8 Å². The first-order valence-electron chi connectivity index (χ1n) is 9.80. The molecule has 5 heteroatoms. The van der Waals surface area contributed by atoms with Crippen LogP contribution in [-0.4, -0.2) is 40.5 Å². The Morgan fingerprint density at radius 3 is 2.58 bits per heavy atom. The zero-order valence-corrected chi connectivity index (χ0v) is 17.0. The van der Waals surface area contributed by atoms with Crippen LogP contribution in [0.3, 0.4) is 0 Å². The summed E-state index contributed by atoms with van der Waals surface area (Å²) in [4.78, 5) is 10.5. The minimum absolute atomic E-state index is 0.307. The van der Waals surface area contributed by atoms with Crippen molar-refractivity contribution in [2.24, 2.45) is 11.8 Å². The van der Waals surface area contributed by atoms with E-state index in [0.29, 0.717) is 18.6 Å². The molecule has 3 rings (SSSR count). The fraction of sp³-hybridized carbons (Fsp3) is 0.667. The van der Waals surface area contributed by atoms with Gasteiger partial charge < -0.3 is 9.84 Å². The van der Waals surface area contributed by atoms with Gasteiger partial charge in [-0.2, -0.15) is 23.5 Å². The number of carboxylic acids is 1. The smallest absolute Gasteiger partial charge is 0.303 e. The highest BCUT2D eigenvalue weighted by molar-refractivity contribution is 7.99. The Labute approximate surface area is 165 Å². The standard InChI is InChI=1S/C21H30O3S2/c22-21(23)8-4-5-12-25-13-11-17-18(20-10-9-19(17)24-20)15-26-14-16-6-2-1-3-7-16/h1-3,6-7,17-20H,4-5,8-15H2,(H,22,23). The highest BCUT2D eigenvalue weighted by atomic mass is 32.2. The molecule has 3 nitrogen and oxygen atoms in total. The molecule has 0 radical (unpaired) electrons. The van der Waals surface area contributed by atoms with Crippen LogP contribution in [-0.2, 0) is 15.3 Å². The molecule has 2 fully saturated rings. The van der Waals surface area contributed by atoms with Crippen LogP contribution in [0.1, 0.15) is 44.1 Å². The Hall–Kier alpha value is -0.650. The van der Waals surface area contributed by atoms with Crippen LogP contribution < -0.4 is 0 Å². The SMILES string of the molecule is O=C(O)CCCCSCCC1C2CCC(O2)C1CSCc1ccccc1. The molecule has 2 saturated heterocycles. The van der Waals surface area contributed by atoms with Crippen molar-refractivity contribution in [2.45, 2.75) is 56.5 Å². The molecule has 4 unspecified atom stereocenters. The van der Waals surface area contributed by atoms with Gasteiger partial charge in [0.25, 0.3) is 0 Å². The topological polar surface area (TPSA) is 46.5 Å². The molecule has 0 spiro atoms. The van der Waals surface area contributed by atoms with E-state index < -0.39 is 5.97 Å². The Balaban J connectivity index is 1.35. The average Bonchev–Trinajstić information content (AvgIpc) is 3.24. The molecule has 4 atom stereocenters. The third kappa shape index (κ3) is 5.93. The van der Waals surface area contributed by atoms with Gasteiger partial charge in [-0.3, -0.25) is 4.79 Å². The summed E-state index contributed by atoms with van der Waals surface area (Å²) in [6.07, 6.45) is 6.86. The largest absolute Gasteiger partial charge is 0.481 e. The van der Waals surface area contributed by atoms with Gasteiger partial charge in [0.2, 0.25) is 0 Å². The maximum absolute atomic E-state index is 10.5. The van der Waals surface area contributed by atoms with Crippen molar-refractivity contribution in [2.75, 3.05) is 17.3 Å². The summed E-state index contributed by atoms with van der Waals surface area (Å²) in [5, 5.41) is 8.67. The lowest BCUT2D eigenvalue weighted by Gasteiger charge is -2.27. The molecule has 1 aromatic rings. The molecule has 2 aliphatic heterocycles. The molecule has 0 saturated carbocycles. The van der Waals surface area contributed by atoms with Crippen molar-refractivity contribution in [3.63, 3.8) is 0 Å². The van der Waals surface area contributed by atoms with Crippen molar-refractivity contribution >= 4 is 29.5 Å². The van der Waals surface area contributed by atoms with Gasteiger partial charge in [0.1, 0.15) is 0 Å². The molecule has 1 aromatic carbocycles. The summed E-state index contributed by atoms with van der Waals surface area (Å²) in [7, 11) is 0. The second-order valence-corrected chi connectivity index (χ2v) is 9.63. The van der Waals surface area contributed by atoms with E-state index >= 15 is 0 Å². The van der Waals surface area contributed by atoms with Gasteiger partial charge in [0, 0.05) is 12.2 Å². The molecule has 0 aromatic heterocycles. The Bertz CT molecular complexity index is 551. The predicted octanol–water partition coefficient (Wildman–Crippen LogP) is 5.09. The normalized spacial score (nSPS) is 27.1. The van der Waals surface area contributed by atoms with Gasteiger partial charge in [-0.25, -0.2) is 0 Å². The van der Waals surface area contributed by atoms with Crippen LogP contribution in [0.25, 0.3) is 0 Å². The first kappa shape index (κ1) is 20.1. The highest BCUT2D eigenvalue weighted by Crippen LogP contribution is 2.46. The van der Waals surface area contributed by atoms with E-state index in [1.165, 1.54) is 36.3 Å². The van der Waals surface area contributed by atoms with Crippen LogP contribution in [0.15, 0.2) is 30.3 Å². The van der Waals surface area contributed by atoms with Gasteiger partial charge in [-0.1, -0.05) is 30.3 Å². The lowest BCUT2D eigenvalue weighted by molar-refractivity contribution is -0.137. The van der Waals surface area contributed by atoms with E-state index in [9.17, 15) is 4.79 Å². The molecule has 26 heavy (non-hydrogen) atoms. The van der Waals surface area contributed by atoms with Crippen molar-refractivity contribution in [3.05, 3.63) is 35.9 Å². The van der Waals surface area contributed by atoms with Gasteiger partial charge in [-0.15, -0.1) is 0 Å². The first-order valence-corrected chi connectivity index (χ1v) is 12.1. The maximum atomic E-state index is 10.5. The monoisotopic (exact) mass is 394 g/mol. The number of carbonyl (C=O) groups is 1. The molecule has 2 heterocycles. The van der Waals surface area contributed by atoms with Crippen molar-refractivity contribution < 1.29 is 14.6 Å². The first-order chi connectivity index (χ1) is 12.7. The molecule has 1 N–H and O–H groups in total. The number of carboxylic acid groups (broad SMARTS) is 1. The van der Waals surface area contributed by atoms with Crippen LogP contribution >= 0.6 is 23.5 Å². The summed E-state index contributed by atoms with van der Waals surface area (Å²) in [5.74, 6) is 5.35. The minimum atomic E-state index is -0.676. The summed E-state index contributed by atoms with van der Waals surface area (Å²) >= 11 is 4.04. The number of hydrogen-bond donors (Lipinski definition) is 1. The summed E-state index contributed by atoms with van der Waals surface area (Å²) in [6.45, 7) is 0. The quantitative estimate of drug-likeness (QED) is 0.500. The number of ether oxygens (including phenoxy) is 1. The highest BCUT2D eigenvalue weighted by Gasteiger charge is 2.47. The average molecular weight is 395 g/mol. The third-order valence-electron chi connectivity index (χ3n) is 5.54. The van der Waals surface area contributed by atoms with E-state index in [4.69, 9.17) is 9.84 Å². The maximum Gasteiger partial charge on any atom is 0.303 e. The molecule has 0 aliphatic carbocycles. The molecule has 144 valence electrons. The van der Waals surface area contributed by atoms with Crippen LogP contribution in [0, 0.1) is 11.8 Å². The Kier molecular flexibility index (Phi) is 8.21. The molecular formula is C21H30O3S2.